The highest BCUT2D eigenvalue weighted by Gasteiger charge is 2.21. The number of rotatable bonds is 2. The summed E-state index contributed by atoms with van der Waals surface area (Å²) in [4.78, 5) is 7.31. The smallest absolute Gasteiger partial charge is 0.255 e. The fraction of sp³-hybridized carbons (Fsp3) is 0.636. The monoisotopic (exact) mass is 225 g/mol. The van der Waals surface area contributed by atoms with Gasteiger partial charge in [-0.3, -0.25) is 0 Å². The van der Waals surface area contributed by atoms with Crippen LogP contribution in [0.2, 0.25) is 0 Å². The van der Waals surface area contributed by atoms with Crippen LogP contribution >= 0.6 is 0 Å². The molecule has 1 aromatic rings. The summed E-state index contributed by atoms with van der Waals surface area (Å²) < 4.78 is 18.8. The van der Waals surface area contributed by atoms with Crippen molar-refractivity contribution in [3.05, 3.63) is 12.0 Å². The molecule has 0 bridgehead atoms. The van der Waals surface area contributed by atoms with Crippen molar-refractivity contribution in [1.82, 2.24) is 9.97 Å². The molecule has 0 aromatic carbocycles. The molecule has 2 N–H and O–H groups in total. The van der Waals surface area contributed by atoms with Crippen molar-refractivity contribution in [1.29, 1.82) is 0 Å². The number of nitrogen functional groups attached to an aromatic ring is 1. The molecule has 88 valence electrons. The van der Waals surface area contributed by atoms with Crippen LogP contribution in [-0.4, -0.2) is 16.1 Å². The van der Waals surface area contributed by atoms with E-state index in [0.717, 1.165) is 37.8 Å². The molecule has 16 heavy (non-hydrogen) atoms. The summed E-state index contributed by atoms with van der Waals surface area (Å²) in [6, 6.07) is 0. The molecule has 4 nitrogen and oxygen atoms in total. The molecule has 5 heteroatoms. The molecule has 1 aliphatic rings. The van der Waals surface area contributed by atoms with Gasteiger partial charge in [-0.05, 0) is 31.6 Å². The Morgan fingerprint density at radius 1 is 1.38 bits per heavy atom. The summed E-state index contributed by atoms with van der Waals surface area (Å²) in [5.74, 6) is 0.209. The first-order valence-electron chi connectivity index (χ1n) is 5.60. The van der Waals surface area contributed by atoms with Crippen LogP contribution in [0.25, 0.3) is 0 Å². The van der Waals surface area contributed by atoms with Gasteiger partial charge >= 0.3 is 0 Å². The Morgan fingerprint density at radius 3 is 2.75 bits per heavy atom. The van der Waals surface area contributed by atoms with Gasteiger partial charge in [-0.15, -0.1) is 0 Å². The lowest BCUT2D eigenvalue weighted by atomic mass is 9.89. The molecule has 2 rings (SSSR count). The normalized spacial score (nSPS) is 25.4. The van der Waals surface area contributed by atoms with E-state index in [9.17, 15) is 4.39 Å². The molecular weight excluding hydrogens is 209 g/mol. The Kier molecular flexibility index (Phi) is 3.22. The SMILES string of the molecule is CC1CCC(Oc2nc(N)ncc2F)CC1. The Labute approximate surface area is 94.0 Å². The molecule has 0 aliphatic heterocycles. The fourth-order valence-corrected chi connectivity index (χ4v) is 1.95. The lowest BCUT2D eigenvalue weighted by Crippen LogP contribution is -2.24. The van der Waals surface area contributed by atoms with Crippen molar-refractivity contribution >= 4 is 5.95 Å². The average molecular weight is 225 g/mol. The second kappa shape index (κ2) is 4.63. The molecule has 0 amide bonds. The maximum atomic E-state index is 13.3. The van der Waals surface area contributed by atoms with Crippen LogP contribution in [0, 0.1) is 11.7 Å². The number of hydrogen-bond donors (Lipinski definition) is 1. The summed E-state index contributed by atoms with van der Waals surface area (Å²) in [7, 11) is 0. The second-order valence-corrected chi connectivity index (χ2v) is 4.38. The van der Waals surface area contributed by atoms with Crippen LogP contribution in [0.15, 0.2) is 6.20 Å². The third-order valence-corrected chi connectivity index (χ3v) is 2.97. The van der Waals surface area contributed by atoms with Crippen molar-refractivity contribution in [3.8, 4) is 5.88 Å². The van der Waals surface area contributed by atoms with Crippen LogP contribution < -0.4 is 10.5 Å². The number of hydrogen-bond acceptors (Lipinski definition) is 4. The van der Waals surface area contributed by atoms with Gasteiger partial charge in [-0.1, -0.05) is 6.92 Å². The Balaban J connectivity index is 2.00. The minimum atomic E-state index is -0.548. The number of aromatic nitrogens is 2. The molecule has 0 saturated heterocycles. The molecule has 1 fully saturated rings. The van der Waals surface area contributed by atoms with Gasteiger partial charge in [0.25, 0.3) is 5.88 Å². The van der Waals surface area contributed by atoms with Crippen LogP contribution in [0.1, 0.15) is 32.6 Å². The van der Waals surface area contributed by atoms with E-state index in [-0.39, 0.29) is 17.9 Å². The van der Waals surface area contributed by atoms with Gasteiger partial charge in [0.05, 0.1) is 6.20 Å². The zero-order valence-electron chi connectivity index (χ0n) is 9.32. The maximum absolute atomic E-state index is 13.3. The van der Waals surface area contributed by atoms with Crippen molar-refractivity contribution in [2.45, 2.75) is 38.7 Å². The number of nitrogens with zero attached hydrogens (tertiary/aromatic N) is 2. The van der Waals surface area contributed by atoms with E-state index >= 15 is 0 Å². The van der Waals surface area contributed by atoms with Gasteiger partial charge in [-0.2, -0.15) is 9.37 Å². The third-order valence-electron chi connectivity index (χ3n) is 2.97. The number of nitrogens with two attached hydrogens (primary N) is 1. The number of ether oxygens (including phenoxy) is 1. The summed E-state index contributed by atoms with van der Waals surface area (Å²) in [5, 5.41) is 0. The standard InChI is InChI=1S/C11H16FN3O/c1-7-2-4-8(5-3-7)16-10-9(12)6-14-11(13)15-10/h6-8H,2-5H2,1H3,(H2,13,14,15). The lowest BCUT2D eigenvalue weighted by molar-refractivity contribution is 0.124. The molecule has 0 atom stereocenters. The van der Waals surface area contributed by atoms with Crippen molar-refractivity contribution in [2.75, 3.05) is 5.73 Å². The van der Waals surface area contributed by atoms with E-state index in [1.54, 1.807) is 0 Å². The molecule has 1 aliphatic carbocycles. The second-order valence-electron chi connectivity index (χ2n) is 4.38. The highest BCUT2D eigenvalue weighted by molar-refractivity contribution is 5.22. The fourth-order valence-electron chi connectivity index (χ4n) is 1.95. The topological polar surface area (TPSA) is 61.0 Å². The summed E-state index contributed by atoms with van der Waals surface area (Å²) >= 11 is 0. The third kappa shape index (κ3) is 2.59. The van der Waals surface area contributed by atoms with E-state index in [1.807, 2.05) is 0 Å². The molecular formula is C11H16FN3O. The highest BCUT2D eigenvalue weighted by atomic mass is 19.1. The van der Waals surface area contributed by atoms with Gasteiger partial charge in [0.15, 0.2) is 0 Å². The maximum Gasteiger partial charge on any atom is 0.255 e. The quantitative estimate of drug-likeness (QED) is 0.837. The van der Waals surface area contributed by atoms with E-state index in [1.165, 1.54) is 0 Å². The van der Waals surface area contributed by atoms with E-state index in [0.29, 0.717) is 0 Å². The molecule has 0 unspecified atom stereocenters. The van der Waals surface area contributed by atoms with E-state index < -0.39 is 5.82 Å². The Morgan fingerprint density at radius 2 is 2.06 bits per heavy atom. The van der Waals surface area contributed by atoms with Gasteiger partial charge in [0.2, 0.25) is 11.8 Å². The first-order valence-corrected chi connectivity index (χ1v) is 5.60. The van der Waals surface area contributed by atoms with Crippen LogP contribution in [0.4, 0.5) is 10.3 Å². The first kappa shape index (κ1) is 11.1. The van der Waals surface area contributed by atoms with Gasteiger partial charge < -0.3 is 10.5 Å². The predicted octanol–water partition coefficient (Wildman–Crippen LogP) is 2.16. The molecule has 0 spiro atoms. The van der Waals surface area contributed by atoms with Gasteiger partial charge in [0, 0.05) is 0 Å². The predicted molar refractivity (Wildman–Crippen MR) is 58.5 cm³/mol. The summed E-state index contributed by atoms with van der Waals surface area (Å²) in [5.41, 5.74) is 5.39. The van der Waals surface area contributed by atoms with Crippen LogP contribution in [-0.2, 0) is 0 Å². The van der Waals surface area contributed by atoms with Crippen LogP contribution in [0.3, 0.4) is 0 Å². The number of halogens is 1. The van der Waals surface area contributed by atoms with E-state index in [4.69, 9.17) is 10.5 Å². The highest BCUT2D eigenvalue weighted by Crippen LogP contribution is 2.27. The summed E-state index contributed by atoms with van der Waals surface area (Å²) in [6.45, 7) is 2.22. The molecule has 1 heterocycles. The Bertz CT molecular complexity index is 364. The van der Waals surface area contributed by atoms with Crippen molar-refractivity contribution < 1.29 is 9.13 Å². The number of anilines is 1. The average Bonchev–Trinajstić information content (AvgIpc) is 2.27. The molecule has 1 aromatic heterocycles. The largest absolute Gasteiger partial charge is 0.472 e. The van der Waals surface area contributed by atoms with Crippen molar-refractivity contribution in [3.63, 3.8) is 0 Å². The minimum Gasteiger partial charge on any atom is -0.472 e. The lowest BCUT2D eigenvalue weighted by Gasteiger charge is -2.26. The minimum absolute atomic E-state index is 0.0212. The van der Waals surface area contributed by atoms with E-state index in [2.05, 4.69) is 16.9 Å². The van der Waals surface area contributed by atoms with Crippen LogP contribution in [0.5, 0.6) is 5.88 Å². The molecule has 1 saturated carbocycles. The summed E-state index contributed by atoms with van der Waals surface area (Å²) in [6.07, 6.45) is 5.23. The first-order chi connectivity index (χ1) is 7.65. The van der Waals surface area contributed by atoms with Gasteiger partial charge in [-0.25, -0.2) is 4.98 Å². The van der Waals surface area contributed by atoms with Gasteiger partial charge in [0.1, 0.15) is 6.10 Å². The zero-order valence-corrected chi connectivity index (χ0v) is 9.32. The molecule has 0 radical (unpaired) electrons. The van der Waals surface area contributed by atoms with Crippen molar-refractivity contribution in [2.24, 2.45) is 5.92 Å². The Hall–Kier alpha value is -1.39. The zero-order chi connectivity index (χ0) is 11.5.